The molecule has 98 valence electrons. The Labute approximate surface area is 100.0 Å². The number of hydrogen-bond acceptors (Lipinski definition) is 4. The van der Waals surface area contributed by atoms with Crippen LogP contribution < -0.4 is 0 Å². The molecule has 0 spiro atoms. The molecule has 18 heavy (non-hydrogen) atoms. The summed E-state index contributed by atoms with van der Waals surface area (Å²) < 4.78 is 43.0. The first-order chi connectivity index (χ1) is 8.38. The number of carbonyl (C=O) groups excluding carboxylic acids is 2. The van der Waals surface area contributed by atoms with E-state index in [1.807, 2.05) is 0 Å². The molecular formula is C11H9F3O4. The standard InChI is InChI=1S/C11H9F3O4/c1-2-18-8(16)4-7(15)5-3-6(12)9(13)10(14)11(5)17/h3,17H,2,4H2,1H3. The number of phenols is 1. The van der Waals surface area contributed by atoms with Crippen molar-refractivity contribution in [3.8, 4) is 5.75 Å². The number of esters is 1. The van der Waals surface area contributed by atoms with Crippen LogP contribution in [0.2, 0.25) is 0 Å². The summed E-state index contributed by atoms with van der Waals surface area (Å²) in [4.78, 5) is 22.4. The highest BCUT2D eigenvalue weighted by molar-refractivity contribution is 6.07. The van der Waals surface area contributed by atoms with Crippen LogP contribution in [-0.4, -0.2) is 23.5 Å². The van der Waals surface area contributed by atoms with Crippen LogP contribution in [0, 0.1) is 17.5 Å². The Morgan fingerprint density at radius 1 is 1.28 bits per heavy atom. The highest BCUT2D eigenvalue weighted by Crippen LogP contribution is 2.27. The average molecular weight is 262 g/mol. The highest BCUT2D eigenvalue weighted by atomic mass is 19.2. The predicted octanol–water partition coefficient (Wildman–Crippen LogP) is 1.95. The molecule has 0 fully saturated rings. The van der Waals surface area contributed by atoms with Gasteiger partial charge in [-0.15, -0.1) is 0 Å². The van der Waals surface area contributed by atoms with Gasteiger partial charge in [0, 0.05) is 0 Å². The number of hydrogen-bond donors (Lipinski definition) is 1. The Balaban J connectivity index is 3.04. The second kappa shape index (κ2) is 5.52. The summed E-state index contributed by atoms with van der Waals surface area (Å²) in [6.45, 7) is 1.54. The minimum Gasteiger partial charge on any atom is -0.504 e. The second-order valence-electron chi connectivity index (χ2n) is 3.29. The smallest absolute Gasteiger partial charge is 0.313 e. The Hall–Kier alpha value is -2.05. The molecule has 1 aromatic carbocycles. The van der Waals surface area contributed by atoms with Gasteiger partial charge in [-0.3, -0.25) is 9.59 Å². The van der Waals surface area contributed by atoms with Crippen molar-refractivity contribution < 1.29 is 32.6 Å². The zero-order valence-corrected chi connectivity index (χ0v) is 9.30. The maximum absolute atomic E-state index is 13.0. The van der Waals surface area contributed by atoms with Crippen molar-refractivity contribution in [1.82, 2.24) is 0 Å². The van der Waals surface area contributed by atoms with E-state index in [9.17, 15) is 22.8 Å². The molecule has 0 aliphatic carbocycles. The number of ether oxygens (including phenoxy) is 1. The lowest BCUT2D eigenvalue weighted by Crippen LogP contribution is -2.12. The maximum Gasteiger partial charge on any atom is 0.313 e. The predicted molar refractivity (Wildman–Crippen MR) is 53.6 cm³/mol. The van der Waals surface area contributed by atoms with Crippen LogP contribution in [0.15, 0.2) is 6.07 Å². The molecule has 1 N–H and O–H groups in total. The average Bonchev–Trinajstić information content (AvgIpc) is 2.31. The number of aromatic hydroxyl groups is 1. The molecule has 0 aliphatic heterocycles. The zero-order valence-electron chi connectivity index (χ0n) is 9.30. The molecular weight excluding hydrogens is 253 g/mol. The van der Waals surface area contributed by atoms with Gasteiger partial charge in [0.2, 0.25) is 5.82 Å². The van der Waals surface area contributed by atoms with Crippen molar-refractivity contribution in [3.63, 3.8) is 0 Å². The van der Waals surface area contributed by atoms with Gasteiger partial charge in [0.25, 0.3) is 0 Å². The number of rotatable bonds is 4. The largest absolute Gasteiger partial charge is 0.504 e. The summed E-state index contributed by atoms with van der Waals surface area (Å²) in [6, 6.07) is 0.329. The molecule has 4 nitrogen and oxygen atoms in total. The van der Waals surface area contributed by atoms with Crippen molar-refractivity contribution in [2.45, 2.75) is 13.3 Å². The van der Waals surface area contributed by atoms with Crippen LogP contribution in [0.5, 0.6) is 5.75 Å². The minimum atomic E-state index is -1.89. The lowest BCUT2D eigenvalue weighted by Gasteiger charge is -2.06. The van der Waals surface area contributed by atoms with Crippen molar-refractivity contribution in [2.75, 3.05) is 6.61 Å². The van der Waals surface area contributed by atoms with Crippen LogP contribution in [-0.2, 0) is 9.53 Å². The number of phenolic OH excluding ortho intramolecular Hbond substituents is 1. The van der Waals surface area contributed by atoms with Crippen LogP contribution in [0.25, 0.3) is 0 Å². The van der Waals surface area contributed by atoms with Gasteiger partial charge in [0.05, 0.1) is 12.2 Å². The van der Waals surface area contributed by atoms with Gasteiger partial charge in [-0.2, -0.15) is 4.39 Å². The van der Waals surface area contributed by atoms with E-state index in [4.69, 9.17) is 5.11 Å². The van der Waals surface area contributed by atoms with E-state index in [0.717, 1.165) is 0 Å². The second-order valence-corrected chi connectivity index (χ2v) is 3.29. The number of halogens is 3. The SMILES string of the molecule is CCOC(=O)CC(=O)c1cc(F)c(F)c(F)c1O. The van der Waals surface area contributed by atoms with Gasteiger partial charge in [-0.05, 0) is 13.0 Å². The van der Waals surface area contributed by atoms with Crippen LogP contribution in [0.3, 0.4) is 0 Å². The van der Waals surface area contributed by atoms with Gasteiger partial charge < -0.3 is 9.84 Å². The Morgan fingerprint density at radius 2 is 1.89 bits per heavy atom. The molecule has 0 heterocycles. The molecule has 0 unspecified atom stereocenters. The first-order valence-electron chi connectivity index (χ1n) is 4.93. The Kier molecular flexibility index (Phi) is 4.30. The fourth-order valence-corrected chi connectivity index (χ4v) is 1.24. The van der Waals surface area contributed by atoms with E-state index < -0.39 is 46.9 Å². The summed E-state index contributed by atoms with van der Waals surface area (Å²) in [5.41, 5.74) is -0.806. The molecule has 0 amide bonds. The molecule has 1 aromatic rings. The Morgan fingerprint density at radius 3 is 2.44 bits per heavy atom. The normalized spacial score (nSPS) is 10.2. The highest BCUT2D eigenvalue weighted by Gasteiger charge is 2.23. The summed E-state index contributed by atoms with van der Waals surface area (Å²) >= 11 is 0. The number of benzene rings is 1. The van der Waals surface area contributed by atoms with Crippen LogP contribution in [0.1, 0.15) is 23.7 Å². The van der Waals surface area contributed by atoms with Crippen molar-refractivity contribution in [2.24, 2.45) is 0 Å². The minimum absolute atomic E-state index is 0.0320. The lowest BCUT2D eigenvalue weighted by molar-refractivity contribution is -0.141. The van der Waals surface area contributed by atoms with E-state index in [2.05, 4.69) is 4.74 Å². The van der Waals surface area contributed by atoms with Crippen molar-refractivity contribution in [1.29, 1.82) is 0 Å². The first-order valence-corrected chi connectivity index (χ1v) is 4.93. The molecule has 7 heteroatoms. The maximum atomic E-state index is 13.0. The molecule has 0 atom stereocenters. The number of ketones is 1. The number of Topliss-reactive ketones (excluding diaryl/α,β-unsaturated/α-hetero) is 1. The van der Waals surface area contributed by atoms with E-state index in [1.54, 1.807) is 0 Å². The van der Waals surface area contributed by atoms with E-state index in [-0.39, 0.29) is 6.61 Å². The van der Waals surface area contributed by atoms with Gasteiger partial charge in [0.1, 0.15) is 6.42 Å². The molecule has 0 saturated heterocycles. The Bertz CT molecular complexity index is 500. The van der Waals surface area contributed by atoms with E-state index in [1.165, 1.54) is 6.92 Å². The summed E-state index contributed by atoms with van der Waals surface area (Å²) in [7, 11) is 0. The van der Waals surface area contributed by atoms with Crippen molar-refractivity contribution >= 4 is 11.8 Å². The third-order valence-electron chi connectivity index (χ3n) is 2.05. The van der Waals surface area contributed by atoms with Gasteiger partial charge in [0.15, 0.2) is 23.2 Å². The molecule has 0 aliphatic rings. The molecule has 0 radical (unpaired) electrons. The monoisotopic (exact) mass is 262 g/mol. The van der Waals surface area contributed by atoms with Crippen molar-refractivity contribution in [3.05, 3.63) is 29.1 Å². The topological polar surface area (TPSA) is 63.6 Å². The zero-order chi connectivity index (χ0) is 13.9. The lowest BCUT2D eigenvalue weighted by atomic mass is 10.1. The molecule has 0 aromatic heterocycles. The quantitative estimate of drug-likeness (QED) is 0.390. The number of carbonyl (C=O) groups is 2. The fraction of sp³-hybridized carbons (Fsp3) is 0.273. The van der Waals surface area contributed by atoms with Gasteiger partial charge in [-0.25, -0.2) is 8.78 Å². The summed E-state index contributed by atoms with van der Waals surface area (Å²) in [5, 5.41) is 9.16. The van der Waals surface area contributed by atoms with E-state index >= 15 is 0 Å². The van der Waals surface area contributed by atoms with E-state index in [0.29, 0.717) is 6.07 Å². The molecule has 0 saturated carbocycles. The third-order valence-corrected chi connectivity index (χ3v) is 2.05. The summed E-state index contributed by atoms with van der Waals surface area (Å²) in [5.74, 6) is -8.70. The molecule has 0 bridgehead atoms. The molecule has 1 rings (SSSR count). The van der Waals surface area contributed by atoms with Gasteiger partial charge in [-0.1, -0.05) is 0 Å². The third kappa shape index (κ3) is 2.79. The fourth-order valence-electron chi connectivity index (χ4n) is 1.24. The summed E-state index contributed by atoms with van der Waals surface area (Å²) in [6.07, 6.45) is -0.800. The first kappa shape index (κ1) is 14.0. The van der Waals surface area contributed by atoms with Gasteiger partial charge >= 0.3 is 5.97 Å². The van der Waals surface area contributed by atoms with Crippen LogP contribution >= 0.6 is 0 Å². The van der Waals surface area contributed by atoms with Crippen LogP contribution in [0.4, 0.5) is 13.2 Å².